The summed E-state index contributed by atoms with van der Waals surface area (Å²) >= 11 is 0. The van der Waals surface area contributed by atoms with Gasteiger partial charge in [-0.05, 0) is 49.2 Å². The van der Waals surface area contributed by atoms with Gasteiger partial charge in [0.15, 0.2) is 6.29 Å². The fourth-order valence-corrected chi connectivity index (χ4v) is 8.07. The van der Waals surface area contributed by atoms with Gasteiger partial charge in [0.2, 0.25) is 5.95 Å². The number of nitrogens with two attached hydrogens (primary N) is 1. The predicted octanol–water partition coefficient (Wildman–Crippen LogP) is 0.218. The number of hydrogen-bond donors (Lipinski definition) is 6. The number of carbonyl (C=O) groups excluding carboxylic acids is 1. The zero-order chi connectivity index (χ0) is 31.4. The summed E-state index contributed by atoms with van der Waals surface area (Å²) in [6, 6.07) is 0. The van der Waals surface area contributed by atoms with Crippen LogP contribution in [0.4, 0.5) is 5.95 Å². The van der Waals surface area contributed by atoms with Gasteiger partial charge in [0.25, 0.3) is 0 Å². The van der Waals surface area contributed by atoms with E-state index in [-0.39, 0.29) is 35.4 Å². The second-order valence-corrected chi connectivity index (χ2v) is 13.2. The summed E-state index contributed by atoms with van der Waals surface area (Å²) in [5.41, 5.74) is 5.15. The number of anilines is 1. The molecule has 0 amide bonds. The molecule has 4 fully saturated rings. The van der Waals surface area contributed by atoms with Crippen LogP contribution in [0.3, 0.4) is 0 Å². The molecule has 0 aromatic carbocycles. The van der Waals surface area contributed by atoms with E-state index in [1.54, 1.807) is 18.2 Å². The number of aliphatic hydroxyl groups excluding tert-OH is 5. The van der Waals surface area contributed by atoms with Crippen molar-refractivity contribution in [3.63, 3.8) is 0 Å². The van der Waals surface area contributed by atoms with Gasteiger partial charge in [0.1, 0.15) is 30.2 Å². The Balaban J connectivity index is 1.23. The van der Waals surface area contributed by atoms with Crippen molar-refractivity contribution in [3.05, 3.63) is 47.5 Å². The first-order chi connectivity index (χ1) is 20.9. The molecule has 13 nitrogen and oxygen atoms in total. The molecular formula is C31H41N3O10. The molecular weight excluding hydrogens is 574 g/mol. The molecule has 2 saturated heterocycles. The topological polar surface area (TPSA) is 210 Å². The largest absolute Gasteiger partial charge is 0.423 e. The highest BCUT2D eigenvalue weighted by Crippen LogP contribution is 2.66. The van der Waals surface area contributed by atoms with Crippen molar-refractivity contribution in [1.29, 1.82) is 0 Å². The number of cyclic esters (lactones) is 1. The van der Waals surface area contributed by atoms with Crippen molar-refractivity contribution in [2.75, 3.05) is 25.6 Å². The maximum atomic E-state index is 12.7. The van der Waals surface area contributed by atoms with Crippen molar-refractivity contribution in [1.82, 2.24) is 9.97 Å². The highest BCUT2D eigenvalue weighted by atomic mass is 16.7. The highest BCUT2D eigenvalue weighted by Gasteiger charge is 2.67. The lowest BCUT2D eigenvalue weighted by molar-refractivity contribution is -0.330. The number of esters is 1. The first kappa shape index (κ1) is 31.2. The van der Waals surface area contributed by atoms with Gasteiger partial charge in [-0.1, -0.05) is 26.0 Å². The van der Waals surface area contributed by atoms with Gasteiger partial charge in [-0.3, -0.25) is 0 Å². The Morgan fingerprint density at radius 3 is 2.48 bits per heavy atom. The van der Waals surface area contributed by atoms with Crippen LogP contribution in [-0.4, -0.2) is 104 Å². The number of aromatic nitrogens is 2. The monoisotopic (exact) mass is 615 g/mol. The van der Waals surface area contributed by atoms with Crippen LogP contribution in [0.1, 0.15) is 45.1 Å². The fraction of sp³-hybridized carbons (Fsp3) is 0.645. The Kier molecular flexibility index (Phi) is 8.21. The van der Waals surface area contributed by atoms with Crippen molar-refractivity contribution < 1.29 is 49.3 Å². The number of ether oxygens (including phenoxy) is 4. The summed E-state index contributed by atoms with van der Waals surface area (Å²) in [6.45, 7) is 4.02. The molecule has 0 radical (unpaired) electrons. The molecule has 7 N–H and O–H groups in total. The second kappa shape index (κ2) is 11.6. The summed E-state index contributed by atoms with van der Waals surface area (Å²) in [5.74, 6) is -0.0495. The van der Waals surface area contributed by atoms with E-state index in [0.717, 1.165) is 12.8 Å². The first-order valence-corrected chi connectivity index (χ1v) is 15.1. The summed E-state index contributed by atoms with van der Waals surface area (Å²) in [5, 5.41) is 51.5. The molecule has 44 heavy (non-hydrogen) atoms. The third-order valence-electron chi connectivity index (χ3n) is 10.6. The Labute approximate surface area is 255 Å². The van der Waals surface area contributed by atoms with Crippen LogP contribution in [0.25, 0.3) is 6.08 Å². The minimum Gasteiger partial charge on any atom is -0.423 e. The molecule has 5 aliphatic rings. The van der Waals surface area contributed by atoms with E-state index in [0.29, 0.717) is 36.3 Å². The van der Waals surface area contributed by atoms with Crippen LogP contribution in [0.2, 0.25) is 0 Å². The number of carbonyl (C=O) groups is 1. The maximum absolute atomic E-state index is 12.7. The summed E-state index contributed by atoms with van der Waals surface area (Å²) < 4.78 is 23.4. The van der Waals surface area contributed by atoms with Gasteiger partial charge in [0.05, 0.1) is 37.1 Å². The Hall–Kier alpha value is -2.75. The van der Waals surface area contributed by atoms with Crippen molar-refractivity contribution in [2.24, 2.45) is 22.7 Å². The van der Waals surface area contributed by atoms with E-state index in [9.17, 15) is 30.3 Å². The third-order valence-corrected chi connectivity index (χ3v) is 10.6. The number of hydrogen-bond acceptors (Lipinski definition) is 13. The van der Waals surface area contributed by atoms with Crippen LogP contribution < -0.4 is 5.73 Å². The second-order valence-electron chi connectivity index (χ2n) is 13.2. The Morgan fingerprint density at radius 2 is 1.82 bits per heavy atom. The molecule has 0 bridgehead atoms. The van der Waals surface area contributed by atoms with E-state index in [4.69, 9.17) is 24.7 Å². The van der Waals surface area contributed by atoms with Gasteiger partial charge < -0.3 is 50.2 Å². The predicted molar refractivity (Wildman–Crippen MR) is 154 cm³/mol. The van der Waals surface area contributed by atoms with Crippen molar-refractivity contribution in [3.8, 4) is 0 Å². The smallest absolute Gasteiger partial charge is 0.343 e. The molecule has 3 aliphatic heterocycles. The van der Waals surface area contributed by atoms with Gasteiger partial charge in [-0.2, -0.15) is 0 Å². The first-order valence-electron chi connectivity index (χ1n) is 15.1. The molecule has 1 aromatic rings. The molecule has 13 heteroatoms. The van der Waals surface area contributed by atoms with Gasteiger partial charge in [-0.15, -0.1) is 0 Å². The zero-order valence-electron chi connectivity index (χ0n) is 24.8. The number of rotatable bonds is 7. The average molecular weight is 616 g/mol. The zero-order valence-corrected chi connectivity index (χ0v) is 24.8. The highest BCUT2D eigenvalue weighted by molar-refractivity contribution is 5.96. The Bertz CT molecular complexity index is 1340. The molecule has 6 rings (SSSR count). The van der Waals surface area contributed by atoms with E-state index < -0.39 is 54.8 Å². The van der Waals surface area contributed by atoms with Gasteiger partial charge in [-0.25, -0.2) is 14.8 Å². The van der Waals surface area contributed by atoms with Crippen LogP contribution in [-0.2, 0) is 23.7 Å². The molecule has 4 heterocycles. The molecule has 8 unspecified atom stereocenters. The number of nitrogen functional groups attached to an aromatic ring is 1. The number of fused-ring (bicyclic) bond motifs is 1. The van der Waals surface area contributed by atoms with E-state index in [1.807, 2.05) is 13.0 Å². The summed E-state index contributed by atoms with van der Waals surface area (Å²) in [4.78, 5) is 20.7. The van der Waals surface area contributed by atoms with Crippen LogP contribution >= 0.6 is 0 Å². The number of aliphatic hydroxyl groups is 5. The van der Waals surface area contributed by atoms with Crippen LogP contribution in [0, 0.1) is 22.7 Å². The minimum absolute atomic E-state index is 0.0291. The van der Waals surface area contributed by atoms with Crippen LogP contribution in [0.15, 0.2) is 42.0 Å². The molecule has 11 atom stereocenters. The van der Waals surface area contributed by atoms with E-state index in [2.05, 4.69) is 16.9 Å². The minimum atomic E-state index is -1.55. The average Bonchev–Trinajstić information content (AvgIpc) is 3.69. The molecule has 1 aromatic heterocycles. The lowest BCUT2D eigenvalue weighted by Crippen LogP contribution is -2.64. The lowest BCUT2D eigenvalue weighted by atomic mass is 9.45. The number of nitrogens with zero attached hydrogens (tertiary/aromatic N) is 2. The van der Waals surface area contributed by atoms with Crippen molar-refractivity contribution >= 4 is 18.0 Å². The molecule has 240 valence electrons. The van der Waals surface area contributed by atoms with Gasteiger partial charge in [0, 0.05) is 29.3 Å². The fourth-order valence-electron chi connectivity index (χ4n) is 8.07. The number of epoxide rings is 1. The van der Waals surface area contributed by atoms with Crippen molar-refractivity contribution in [2.45, 2.75) is 81.9 Å². The number of allylic oxidation sites excluding steroid dienone is 1. The molecule has 2 aliphatic carbocycles. The summed E-state index contributed by atoms with van der Waals surface area (Å²) in [6.07, 6.45) is 5.50. The normalized spacial score (nSPS) is 44.6. The maximum Gasteiger partial charge on any atom is 0.343 e. The third kappa shape index (κ3) is 5.28. The molecule has 2 saturated carbocycles. The SMILES string of the molecule is C[C@]12CC[C@@H](OC3OC(CO)C(O)C(O)C3O)[C@@](C)(CO)C1CCC1(CO1)C2C=CC1=CC(=Cc2cnc(N)nc2)OC1=O. The van der Waals surface area contributed by atoms with Crippen LogP contribution in [0.5, 0.6) is 0 Å². The Morgan fingerprint density at radius 1 is 1.09 bits per heavy atom. The van der Waals surface area contributed by atoms with E-state index >= 15 is 0 Å². The molecule has 1 spiro atoms. The van der Waals surface area contributed by atoms with Gasteiger partial charge >= 0.3 is 5.97 Å². The van der Waals surface area contributed by atoms with E-state index in [1.165, 1.54) is 12.4 Å². The summed E-state index contributed by atoms with van der Waals surface area (Å²) in [7, 11) is 0. The standard InChI is InChI=1S/C31H41N3O10/c1-29-7-6-22(44-27-25(39)24(38)23(37)19(13-35)43-27)30(2,14-36)20(29)5-8-31(15-41-31)21(29)4-3-17-10-18(42-26(17)40)9-16-11-33-28(32)34-12-16/h3-4,9-12,19-25,27,35-39H,5-8,13-15H2,1-2H3,(H2,32,33,34)/t19?,20?,21?,22-,23?,24?,25?,27?,29+,30+,31?/m1/s1. The quantitative estimate of drug-likeness (QED) is 0.138. The lowest BCUT2D eigenvalue weighted by Gasteiger charge is -2.61.